The maximum Gasteiger partial charge on any atom is 0.329 e. The Morgan fingerprint density at radius 1 is 1.15 bits per heavy atom. The average molecular weight is 464 g/mol. The summed E-state index contributed by atoms with van der Waals surface area (Å²) in [5.74, 6) is -1.17. The van der Waals surface area contributed by atoms with Gasteiger partial charge in [0, 0.05) is 12.0 Å². The number of fused-ring (bicyclic) bond motifs is 4. The monoisotopic (exact) mass is 464 g/mol. The van der Waals surface area contributed by atoms with Gasteiger partial charge in [0.05, 0.1) is 30.0 Å². The molecule has 1 aromatic heterocycles. The van der Waals surface area contributed by atoms with Crippen molar-refractivity contribution in [2.24, 2.45) is 0 Å². The fourth-order valence-corrected chi connectivity index (χ4v) is 5.01. The topological polar surface area (TPSA) is 125 Å². The first kappa shape index (κ1) is 22.2. The van der Waals surface area contributed by atoms with Gasteiger partial charge in [0.15, 0.2) is 0 Å². The van der Waals surface area contributed by atoms with Gasteiger partial charge in [0.2, 0.25) is 0 Å². The van der Waals surface area contributed by atoms with Gasteiger partial charge in [0.1, 0.15) is 23.3 Å². The van der Waals surface area contributed by atoms with E-state index in [2.05, 4.69) is 4.98 Å². The summed E-state index contributed by atoms with van der Waals surface area (Å²) in [5, 5.41) is 24.2. The van der Waals surface area contributed by atoms with Crippen molar-refractivity contribution in [2.45, 2.75) is 43.6 Å². The molecule has 0 unspecified atom stereocenters. The number of nitrogens with zero attached hydrogens (tertiary/aromatic N) is 4. The Bertz CT molecular complexity index is 1390. The van der Waals surface area contributed by atoms with Crippen molar-refractivity contribution in [1.29, 1.82) is 0 Å². The Kier molecular flexibility index (Phi) is 4.87. The lowest BCUT2D eigenvalue weighted by Gasteiger charge is -2.37. The summed E-state index contributed by atoms with van der Waals surface area (Å²) in [6, 6.07) is 12.2. The normalized spacial score (nSPS) is 24.2. The van der Waals surface area contributed by atoms with Crippen LogP contribution in [0.15, 0.2) is 59.7 Å². The minimum absolute atomic E-state index is 0.306. The van der Waals surface area contributed by atoms with E-state index >= 15 is 0 Å². The molecule has 2 aromatic carbocycles. The molecule has 10 nitrogen and oxygen atoms in total. The molecule has 1 saturated heterocycles. The minimum atomic E-state index is -1.90. The molecule has 2 aliphatic heterocycles. The predicted octanol–water partition coefficient (Wildman–Crippen LogP) is 1.54. The number of ether oxygens (including phenoxy) is 1. The fraction of sp³-hybridized carbons (Fsp3) is 0.333. The van der Waals surface area contributed by atoms with Gasteiger partial charge in [-0.2, -0.15) is 5.06 Å². The summed E-state index contributed by atoms with van der Waals surface area (Å²) in [4.78, 5) is 45.0. The number of carbonyl (C=O) groups is 2. The molecule has 1 fully saturated rings. The number of hydrogen-bond acceptors (Lipinski definition) is 8. The van der Waals surface area contributed by atoms with Crippen molar-refractivity contribution in [3.8, 4) is 0 Å². The number of hydroxylamine groups is 2. The van der Waals surface area contributed by atoms with Crippen LogP contribution in [0.3, 0.4) is 0 Å². The van der Waals surface area contributed by atoms with Gasteiger partial charge < -0.3 is 15.1 Å². The van der Waals surface area contributed by atoms with Gasteiger partial charge in [-0.3, -0.25) is 19.1 Å². The second-order valence-electron chi connectivity index (χ2n) is 9.11. The van der Waals surface area contributed by atoms with Crippen LogP contribution in [0, 0.1) is 0 Å². The third kappa shape index (κ3) is 2.86. The molecule has 2 N–H and O–H groups in total. The Morgan fingerprint density at radius 3 is 2.56 bits per heavy atom. The van der Waals surface area contributed by atoms with E-state index in [9.17, 15) is 24.7 Å². The molecule has 5 rings (SSSR count). The first-order valence-corrected chi connectivity index (χ1v) is 10.8. The highest BCUT2D eigenvalue weighted by atomic mass is 16.5. The number of anilines is 1. The van der Waals surface area contributed by atoms with Crippen molar-refractivity contribution >= 4 is 28.5 Å². The van der Waals surface area contributed by atoms with E-state index in [4.69, 9.17) is 4.74 Å². The summed E-state index contributed by atoms with van der Waals surface area (Å²) < 4.78 is 6.11. The highest BCUT2D eigenvalue weighted by Gasteiger charge is 2.65. The summed E-state index contributed by atoms with van der Waals surface area (Å²) >= 11 is 0. The van der Waals surface area contributed by atoms with Crippen LogP contribution in [-0.4, -0.2) is 55.6 Å². The number of para-hydroxylation sites is 2. The van der Waals surface area contributed by atoms with E-state index in [-0.39, 0.29) is 6.42 Å². The molecular weight excluding hydrogens is 440 g/mol. The molecule has 10 heteroatoms. The number of hydrogen-bond donors (Lipinski definition) is 2. The van der Waals surface area contributed by atoms with Crippen molar-refractivity contribution in [2.75, 3.05) is 12.0 Å². The first-order chi connectivity index (χ1) is 16.1. The van der Waals surface area contributed by atoms with Crippen LogP contribution in [0.4, 0.5) is 5.69 Å². The van der Waals surface area contributed by atoms with Crippen molar-refractivity contribution in [3.63, 3.8) is 0 Å². The molecule has 0 bridgehead atoms. The molecule has 1 amide bonds. The van der Waals surface area contributed by atoms with Gasteiger partial charge in [0.25, 0.3) is 11.5 Å². The smallest absolute Gasteiger partial charge is 0.329 e. The number of amides is 1. The minimum Gasteiger partial charge on any atom is -0.467 e. The van der Waals surface area contributed by atoms with Crippen molar-refractivity contribution in [1.82, 2.24) is 14.6 Å². The highest BCUT2D eigenvalue weighted by molar-refractivity contribution is 6.04. The molecule has 2 aliphatic rings. The molecule has 0 saturated carbocycles. The lowest BCUT2D eigenvalue weighted by molar-refractivity contribution is -0.210. The second-order valence-corrected chi connectivity index (χ2v) is 9.11. The van der Waals surface area contributed by atoms with Crippen LogP contribution >= 0.6 is 0 Å². The Balaban J connectivity index is 1.68. The van der Waals surface area contributed by atoms with Crippen LogP contribution in [0.1, 0.15) is 31.9 Å². The van der Waals surface area contributed by atoms with Crippen molar-refractivity contribution in [3.05, 3.63) is 70.8 Å². The standard InChI is InChI=1S/C24H24N4O6/c1-23(2)22(31)27-17-11-7-5-9-15(17)24(32,21(27)28(23)33)12-18(20(30)34-3)26-13-25-16-10-6-4-8-14(16)19(26)29/h4-11,13,18,21,32-33H,12H2,1-3H3/t18-,21-,24+/m0/s1. The van der Waals surface area contributed by atoms with E-state index < -0.39 is 40.8 Å². The molecule has 0 aliphatic carbocycles. The van der Waals surface area contributed by atoms with Crippen LogP contribution in [0.25, 0.3) is 10.9 Å². The number of esters is 1. The number of aliphatic hydroxyl groups is 1. The number of methoxy groups -OCH3 is 1. The van der Waals surface area contributed by atoms with Gasteiger partial charge in [-0.15, -0.1) is 0 Å². The number of benzene rings is 2. The number of aromatic nitrogens is 2. The van der Waals surface area contributed by atoms with E-state index in [1.165, 1.54) is 18.3 Å². The van der Waals surface area contributed by atoms with Crippen LogP contribution in [0.2, 0.25) is 0 Å². The van der Waals surface area contributed by atoms with Crippen LogP contribution in [0.5, 0.6) is 0 Å². The quantitative estimate of drug-likeness (QED) is 0.557. The molecule has 0 radical (unpaired) electrons. The summed E-state index contributed by atoms with van der Waals surface area (Å²) in [7, 11) is 1.19. The van der Waals surface area contributed by atoms with Gasteiger partial charge in [-0.25, -0.2) is 9.78 Å². The van der Waals surface area contributed by atoms with Crippen LogP contribution < -0.4 is 10.5 Å². The second kappa shape index (κ2) is 7.45. The highest BCUT2D eigenvalue weighted by Crippen LogP contribution is 2.53. The van der Waals surface area contributed by atoms with Gasteiger partial charge in [-0.1, -0.05) is 30.3 Å². The molecule has 3 heterocycles. The van der Waals surface area contributed by atoms with Gasteiger partial charge >= 0.3 is 5.97 Å². The molecule has 34 heavy (non-hydrogen) atoms. The maximum absolute atomic E-state index is 13.3. The molecular formula is C24H24N4O6. The van der Waals surface area contributed by atoms with Crippen molar-refractivity contribution < 1.29 is 24.6 Å². The Morgan fingerprint density at radius 2 is 1.82 bits per heavy atom. The maximum atomic E-state index is 13.3. The molecule has 3 aromatic rings. The van der Waals surface area contributed by atoms with E-state index in [1.54, 1.807) is 62.4 Å². The van der Waals surface area contributed by atoms with E-state index in [1.807, 2.05) is 0 Å². The summed E-state index contributed by atoms with van der Waals surface area (Å²) in [6.45, 7) is 3.10. The third-order valence-electron chi connectivity index (χ3n) is 6.85. The van der Waals surface area contributed by atoms with Gasteiger partial charge in [-0.05, 0) is 32.0 Å². The van der Waals surface area contributed by atoms with E-state index in [0.717, 1.165) is 9.63 Å². The zero-order valence-electron chi connectivity index (χ0n) is 18.9. The van der Waals surface area contributed by atoms with E-state index in [0.29, 0.717) is 22.2 Å². The fourth-order valence-electron chi connectivity index (χ4n) is 5.01. The average Bonchev–Trinajstić information content (AvgIpc) is 3.20. The number of carbonyl (C=O) groups excluding carboxylic acids is 2. The molecule has 176 valence electrons. The molecule has 3 atom stereocenters. The third-order valence-corrected chi connectivity index (χ3v) is 6.85. The SMILES string of the molecule is COC(=O)[C@H](C[C@@]1(O)c2ccccc2N2C(=O)C(C)(C)N(O)[C@H]21)n1cnc2ccccc2c1=O. The predicted molar refractivity (Wildman–Crippen MR) is 121 cm³/mol. The Labute approximate surface area is 194 Å². The Hall–Kier alpha value is -3.60. The first-order valence-electron chi connectivity index (χ1n) is 10.8. The zero-order valence-corrected chi connectivity index (χ0v) is 18.9. The summed E-state index contributed by atoms with van der Waals surface area (Å²) in [5.41, 5.74) is -2.44. The zero-order chi connectivity index (χ0) is 24.4. The lowest BCUT2D eigenvalue weighted by atomic mass is 9.85. The van der Waals surface area contributed by atoms with Crippen LogP contribution in [-0.2, 0) is 19.9 Å². The lowest BCUT2D eigenvalue weighted by Crippen LogP contribution is -2.53. The molecule has 0 spiro atoms. The summed E-state index contributed by atoms with van der Waals surface area (Å²) in [6.07, 6.45) is -0.309. The number of rotatable bonds is 4. The largest absolute Gasteiger partial charge is 0.467 e.